The molecule has 4 nitrogen and oxygen atoms in total. The smallest absolute Gasteiger partial charge is 0.179 e. The lowest BCUT2D eigenvalue weighted by Gasteiger charge is -2.18. The van der Waals surface area contributed by atoms with Gasteiger partial charge in [0.2, 0.25) is 0 Å². The number of hydrogen-bond acceptors (Lipinski definition) is 4. The van der Waals surface area contributed by atoms with Gasteiger partial charge in [-0.15, -0.1) is 0 Å². The molecular weight excluding hydrogens is 292 g/mol. The fraction of sp³-hybridized carbons (Fsp3) is 0.625. The Hall–Kier alpha value is -0.970. The van der Waals surface area contributed by atoms with Crippen LogP contribution in [-0.4, -0.2) is 30.0 Å². The molecule has 1 fully saturated rings. The molecule has 5 heteroatoms. The third kappa shape index (κ3) is 4.50. The Morgan fingerprint density at radius 3 is 2.67 bits per heavy atom. The molecule has 118 valence electrons. The third-order valence-corrected chi connectivity index (χ3v) is 4.25. The van der Waals surface area contributed by atoms with E-state index < -0.39 is 6.10 Å². The van der Waals surface area contributed by atoms with Gasteiger partial charge in [-0.2, -0.15) is 0 Å². The molecule has 0 bridgehead atoms. The van der Waals surface area contributed by atoms with Crippen molar-refractivity contribution >= 4 is 11.6 Å². The van der Waals surface area contributed by atoms with Crippen LogP contribution in [0, 0.1) is 5.92 Å². The fourth-order valence-electron chi connectivity index (χ4n) is 2.88. The maximum Gasteiger partial charge on any atom is 0.179 e. The Balaban J connectivity index is 1.95. The first kappa shape index (κ1) is 16.4. The number of aliphatic hydroxyl groups excluding tert-OH is 2. The summed E-state index contributed by atoms with van der Waals surface area (Å²) in [5, 5.41) is 19.6. The van der Waals surface area contributed by atoms with E-state index in [-0.39, 0.29) is 13.2 Å². The average molecular weight is 315 g/mol. The van der Waals surface area contributed by atoms with Crippen LogP contribution >= 0.6 is 11.6 Å². The van der Waals surface area contributed by atoms with Gasteiger partial charge in [0.25, 0.3) is 0 Å². The molecule has 0 aliphatic heterocycles. The first-order chi connectivity index (χ1) is 10.1. The lowest BCUT2D eigenvalue weighted by Crippen LogP contribution is -2.20. The van der Waals surface area contributed by atoms with E-state index in [1.165, 1.54) is 32.8 Å². The number of hydrogen-bond donors (Lipinski definition) is 2. The van der Waals surface area contributed by atoms with Gasteiger partial charge in [-0.3, -0.25) is 0 Å². The summed E-state index contributed by atoms with van der Waals surface area (Å²) in [4.78, 5) is 0. The van der Waals surface area contributed by atoms with Crippen molar-refractivity contribution in [2.75, 3.05) is 13.7 Å². The number of aliphatic hydroxyl groups is 2. The van der Waals surface area contributed by atoms with E-state index in [0.717, 1.165) is 6.42 Å². The maximum atomic E-state index is 10.1. The SMILES string of the molecule is COc1cc(CO)cc(Cl)c1OCC(O)CC1CCCC1. The van der Waals surface area contributed by atoms with Crippen molar-refractivity contribution in [2.45, 2.75) is 44.8 Å². The van der Waals surface area contributed by atoms with Gasteiger partial charge in [-0.25, -0.2) is 0 Å². The molecule has 1 atom stereocenters. The predicted molar refractivity (Wildman–Crippen MR) is 82.0 cm³/mol. The minimum atomic E-state index is -0.494. The molecule has 2 N–H and O–H groups in total. The molecule has 0 saturated heterocycles. The summed E-state index contributed by atoms with van der Waals surface area (Å²) in [5.74, 6) is 1.50. The van der Waals surface area contributed by atoms with Gasteiger partial charge >= 0.3 is 0 Å². The Morgan fingerprint density at radius 2 is 2.05 bits per heavy atom. The summed E-state index contributed by atoms with van der Waals surface area (Å²) in [5.41, 5.74) is 0.663. The minimum absolute atomic E-state index is 0.110. The predicted octanol–water partition coefficient (Wildman–Crippen LogP) is 3.16. The standard InChI is InChI=1S/C16H23ClO4/c1-20-15-8-12(9-18)7-14(17)16(15)21-10-13(19)6-11-4-2-3-5-11/h7-8,11,13,18-19H,2-6,9-10H2,1H3. The summed E-state index contributed by atoms with van der Waals surface area (Å²) in [6.45, 7) is 0.0890. The van der Waals surface area contributed by atoms with E-state index in [4.69, 9.17) is 26.2 Å². The zero-order chi connectivity index (χ0) is 15.2. The molecule has 2 rings (SSSR count). The number of ether oxygens (including phenoxy) is 2. The van der Waals surface area contributed by atoms with Crippen molar-refractivity contribution in [3.8, 4) is 11.5 Å². The van der Waals surface area contributed by atoms with Crippen LogP contribution < -0.4 is 9.47 Å². The summed E-state index contributed by atoms with van der Waals surface area (Å²) in [7, 11) is 1.52. The van der Waals surface area contributed by atoms with Crippen LogP contribution in [-0.2, 0) is 6.61 Å². The first-order valence-electron chi connectivity index (χ1n) is 7.42. The monoisotopic (exact) mass is 314 g/mol. The number of rotatable bonds is 7. The highest BCUT2D eigenvalue weighted by Crippen LogP contribution is 2.37. The summed E-state index contributed by atoms with van der Waals surface area (Å²) >= 11 is 6.15. The van der Waals surface area contributed by atoms with Gasteiger partial charge in [-0.05, 0) is 30.0 Å². The Bertz CT molecular complexity index is 458. The quantitative estimate of drug-likeness (QED) is 0.811. The number of halogens is 1. The second-order valence-corrected chi connectivity index (χ2v) is 6.03. The third-order valence-electron chi connectivity index (χ3n) is 3.97. The molecular formula is C16H23ClO4. The zero-order valence-electron chi connectivity index (χ0n) is 12.3. The fourth-order valence-corrected chi connectivity index (χ4v) is 3.17. The van der Waals surface area contributed by atoms with Crippen LogP contribution in [0.25, 0.3) is 0 Å². The van der Waals surface area contributed by atoms with Crippen LogP contribution in [0.1, 0.15) is 37.7 Å². The minimum Gasteiger partial charge on any atom is -0.493 e. The number of methoxy groups -OCH3 is 1. The van der Waals surface area contributed by atoms with E-state index in [2.05, 4.69) is 0 Å². The molecule has 21 heavy (non-hydrogen) atoms. The highest BCUT2D eigenvalue weighted by molar-refractivity contribution is 6.32. The van der Waals surface area contributed by atoms with Crippen LogP contribution in [0.2, 0.25) is 5.02 Å². The largest absolute Gasteiger partial charge is 0.493 e. The van der Waals surface area contributed by atoms with E-state index >= 15 is 0 Å². The van der Waals surface area contributed by atoms with Gasteiger partial charge in [0.1, 0.15) is 6.61 Å². The van der Waals surface area contributed by atoms with Crippen molar-refractivity contribution < 1.29 is 19.7 Å². The molecule has 1 aromatic carbocycles. The molecule has 0 aromatic heterocycles. The molecule has 1 saturated carbocycles. The normalized spacial score (nSPS) is 17.0. The Labute approximate surface area is 130 Å². The van der Waals surface area contributed by atoms with Crippen LogP contribution in [0.15, 0.2) is 12.1 Å². The molecule has 1 aromatic rings. The second-order valence-electron chi connectivity index (χ2n) is 5.62. The highest BCUT2D eigenvalue weighted by Gasteiger charge is 2.20. The summed E-state index contributed by atoms with van der Waals surface area (Å²) in [6, 6.07) is 3.33. The van der Waals surface area contributed by atoms with E-state index in [1.54, 1.807) is 12.1 Å². The van der Waals surface area contributed by atoms with Crippen LogP contribution in [0.3, 0.4) is 0 Å². The van der Waals surface area contributed by atoms with Crippen molar-refractivity contribution in [2.24, 2.45) is 5.92 Å². The first-order valence-corrected chi connectivity index (χ1v) is 7.80. The number of benzene rings is 1. The van der Waals surface area contributed by atoms with Gasteiger partial charge in [-0.1, -0.05) is 37.3 Å². The Morgan fingerprint density at radius 1 is 1.33 bits per heavy atom. The Kier molecular flexibility index (Phi) is 6.15. The lowest BCUT2D eigenvalue weighted by molar-refractivity contribution is 0.0842. The van der Waals surface area contributed by atoms with Crippen molar-refractivity contribution in [1.82, 2.24) is 0 Å². The lowest BCUT2D eigenvalue weighted by atomic mass is 10.0. The molecule has 0 radical (unpaired) electrons. The van der Waals surface area contributed by atoms with E-state index in [0.29, 0.717) is 28.0 Å². The average Bonchev–Trinajstić information content (AvgIpc) is 2.97. The second kappa shape index (κ2) is 7.87. The molecule has 1 aliphatic carbocycles. The molecule has 1 unspecified atom stereocenters. The molecule has 0 amide bonds. The van der Waals surface area contributed by atoms with Gasteiger partial charge in [0, 0.05) is 0 Å². The maximum absolute atomic E-state index is 10.1. The molecule has 1 aliphatic rings. The van der Waals surface area contributed by atoms with Gasteiger partial charge in [0.15, 0.2) is 11.5 Å². The topological polar surface area (TPSA) is 58.9 Å². The van der Waals surface area contributed by atoms with Crippen molar-refractivity contribution in [1.29, 1.82) is 0 Å². The molecule has 0 heterocycles. The van der Waals surface area contributed by atoms with E-state index in [1.807, 2.05) is 0 Å². The summed E-state index contributed by atoms with van der Waals surface area (Å²) in [6.07, 6.45) is 5.21. The van der Waals surface area contributed by atoms with E-state index in [9.17, 15) is 5.11 Å². The van der Waals surface area contributed by atoms with Crippen molar-refractivity contribution in [3.63, 3.8) is 0 Å². The summed E-state index contributed by atoms with van der Waals surface area (Å²) < 4.78 is 10.9. The van der Waals surface area contributed by atoms with Gasteiger partial charge in [0.05, 0.1) is 24.8 Å². The highest BCUT2D eigenvalue weighted by atomic mass is 35.5. The zero-order valence-corrected chi connectivity index (χ0v) is 13.1. The van der Waals surface area contributed by atoms with Crippen LogP contribution in [0.5, 0.6) is 11.5 Å². The van der Waals surface area contributed by atoms with Crippen LogP contribution in [0.4, 0.5) is 0 Å². The van der Waals surface area contributed by atoms with Crippen molar-refractivity contribution in [3.05, 3.63) is 22.7 Å². The van der Waals surface area contributed by atoms with Gasteiger partial charge < -0.3 is 19.7 Å². The molecule has 0 spiro atoms.